The maximum absolute atomic E-state index is 12.8. The fraction of sp³-hybridized carbons (Fsp3) is 0.158. The predicted octanol–water partition coefficient (Wildman–Crippen LogP) is 3.16. The lowest BCUT2D eigenvalue weighted by atomic mass is 10.2. The summed E-state index contributed by atoms with van der Waals surface area (Å²) >= 11 is 7.00. The van der Waals surface area contributed by atoms with Crippen molar-refractivity contribution in [3.8, 4) is 5.75 Å². The summed E-state index contributed by atoms with van der Waals surface area (Å²) in [6, 6.07) is 14.0. The molecule has 1 aromatic heterocycles. The molecule has 2 aromatic carbocycles. The van der Waals surface area contributed by atoms with E-state index in [-0.39, 0.29) is 18.1 Å². The number of anilines is 1. The Kier molecular flexibility index (Phi) is 6.57. The molecule has 0 aliphatic heterocycles. The van der Waals surface area contributed by atoms with E-state index in [0.717, 1.165) is 22.8 Å². The number of amides is 2. The van der Waals surface area contributed by atoms with Crippen molar-refractivity contribution in [1.29, 1.82) is 0 Å². The zero-order valence-corrected chi connectivity index (χ0v) is 16.5. The molecule has 1 heterocycles. The fourth-order valence-electron chi connectivity index (χ4n) is 2.44. The normalized spacial score (nSPS) is 10.4. The minimum absolute atomic E-state index is 0.159. The Morgan fingerprint density at radius 2 is 1.86 bits per heavy atom. The minimum atomic E-state index is -0.407. The van der Waals surface area contributed by atoms with Gasteiger partial charge in [0.1, 0.15) is 12.3 Å². The number of benzene rings is 2. The molecule has 0 spiro atoms. The van der Waals surface area contributed by atoms with E-state index >= 15 is 0 Å². The third kappa shape index (κ3) is 5.05. The molecule has 2 amide bonds. The van der Waals surface area contributed by atoms with Crippen molar-refractivity contribution in [2.75, 3.05) is 18.6 Å². The van der Waals surface area contributed by atoms with Gasteiger partial charge >= 0.3 is 0 Å². The van der Waals surface area contributed by atoms with Crippen LogP contribution in [0.25, 0.3) is 0 Å². The Bertz CT molecular complexity index is 931. The maximum Gasteiger partial charge on any atom is 0.280 e. The Hall–Kier alpha value is -2.97. The molecule has 0 saturated carbocycles. The highest BCUT2D eigenvalue weighted by atomic mass is 35.5. The number of carbonyl (C=O) groups excluding carboxylic acids is 2. The molecule has 0 atom stereocenters. The summed E-state index contributed by atoms with van der Waals surface area (Å²) in [6.07, 6.45) is 0. The first-order valence-electron chi connectivity index (χ1n) is 8.31. The first-order chi connectivity index (χ1) is 13.6. The summed E-state index contributed by atoms with van der Waals surface area (Å²) < 4.78 is 8.83. The quantitative estimate of drug-likeness (QED) is 0.639. The standard InChI is InChI=1S/C19H17ClN4O3S/c1-27-16-8-2-13(3-9-16)10-21-18(25)11-24(15-6-4-14(20)5-7-15)19(26)17-12-28-23-22-17/h2-9,12H,10-11H2,1H3,(H,21,25). The molecule has 0 aliphatic rings. The Balaban J connectivity index is 1.70. The van der Waals surface area contributed by atoms with Gasteiger partial charge in [-0.25, -0.2) is 0 Å². The largest absolute Gasteiger partial charge is 0.497 e. The minimum Gasteiger partial charge on any atom is -0.497 e. The first-order valence-corrected chi connectivity index (χ1v) is 9.52. The van der Waals surface area contributed by atoms with E-state index in [1.807, 2.05) is 24.3 Å². The molecular weight excluding hydrogens is 400 g/mol. The molecule has 0 radical (unpaired) electrons. The van der Waals surface area contributed by atoms with Crippen molar-refractivity contribution in [2.45, 2.75) is 6.54 Å². The summed E-state index contributed by atoms with van der Waals surface area (Å²) in [5.41, 5.74) is 1.65. The molecule has 3 aromatic rings. The number of aromatic nitrogens is 2. The molecule has 144 valence electrons. The summed E-state index contributed by atoms with van der Waals surface area (Å²) in [5.74, 6) is 0.0319. The molecule has 3 rings (SSSR count). The number of hydrogen-bond acceptors (Lipinski definition) is 6. The van der Waals surface area contributed by atoms with E-state index in [1.165, 1.54) is 4.90 Å². The van der Waals surface area contributed by atoms with Crippen LogP contribution >= 0.6 is 23.1 Å². The van der Waals surface area contributed by atoms with Crippen LogP contribution in [0.2, 0.25) is 5.02 Å². The molecule has 0 fully saturated rings. The van der Waals surface area contributed by atoms with Gasteiger partial charge in [0.2, 0.25) is 5.91 Å². The lowest BCUT2D eigenvalue weighted by Gasteiger charge is -2.21. The summed E-state index contributed by atoms with van der Waals surface area (Å²) in [6.45, 7) is 0.178. The lowest BCUT2D eigenvalue weighted by Crippen LogP contribution is -2.40. The van der Waals surface area contributed by atoms with Crippen molar-refractivity contribution >= 4 is 40.6 Å². The van der Waals surface area contributed by atoms with E-state index < -0.39 is 5.91 Å². The number of nitrogens with one attached hydrogen (secondary N) is 1. The Morgan fingerprint density at radius 1 is 1.14 bits per heavy atom. The van der Waals surface area contributed by atoms with Gasteiger partial charge in [0, 0.05) is 22.6 Å². The highest BCUT2D eigenvalue weighted by Gasteiger charge is 2.22. The smallest absolute Gasteiger partial charge is 0.280 e. The van der Waals surface area contributed by atoms with Gasteiger partial charge in [-0.2, -0.15) is 0 Å². The van der Waals surface area contributed by atoms with Gasteiger partial charge in [0.05, 0.1) is 7.11 Å². The molecule has 7 nitrogen and oxygen atoms in total. The van der Waals surface area contributed by atoms with Gasteiger partial charge in [0.25, 0.3) is 5.91 Å². The van der Waals surface area contributed by atoms with Crippen LogP contribution in [0.1, 0.15) is 16.1 Å². The average molecular weight is 417 g/mol. The van der Waals surface area contributed by atoms with Gasteiger partial charge in [-0.3, -0.25) is 14.5 Å². The second-order valence-corrected chi connectivity index (χ2v) is 6.83. The van der Waals surface area contributed by atoms with Crippen LogP contribution in [-0.4, -0.2) is 35.1 Å². The second kappa shape index (κ2) is 9.29. The number of ether oxygens (including phenoxy) is 1. The molecule has 0 saturated heterocycles. The number of rotatable bonds is 7. The lowest BCUT2D eigenvalue weighted by molar-refractivity contribution is -0.119. The molecule has 0 bridgehead atoms. The van der Waals surface area contributed by atoms with Crippen LogP contribution in [0.4, 0.5) is 5.69 Å². The number of halogens is 1. The van der Waals surface area contributed by atoms with E-state index in [9.17, 15) is 9.59 Å². The maximum atomic E-state index is 12.8. The van der Waals surface area contributed by atoms with Crippen molar-refractivity contribution in [2.24, 2.45) is 0 Å². The van der Waals surface area contributed by atoms with E-state index in [4.69, 9.17) is 16.3 Å². The van der Waals surface area contributed by atoms with Gasteiger partial charge in [0.15, 0.2) is 5.69 Å². The topological polar surface area (TPSA) is 84.4 Å². The average Bonchev–Trinajstić information content (AvgIpc) is 3.26. The SMILES string of the molecule is COc1ccc(CNC(=O)CN(C(=O)c2csnn2)c2ccc(Cl)cc2)cc1. The predicted molar refractivity (Wildman–Crippen MR) is 108 cm³/mol. The Labute approximate surface area is 171 Å². The fourth-order valence-corrected chi connectivity index (χ4v) is 3.00. The van der Waals surface area contributed by atoms with Crippen LogP contribution in [0.5, 0.6) is 5.75 Å². The third-order valence-corrected chi connectivity index (χ3v) is 4.67. The van der Waals surface area contributed by atoms with Crippen LogP contribution < -0.4 is 15.0 Å². The van der Waals surface area contributed by atoms with Gasteiger partial charge in [-0.15, -0.1) is 5.10 Å². The number of nitrogens with zero attached hydrogens (tertiary/aromatic N) is 3. The molecule has 9 heteroatoms. The van der Waals surface area contributed by atoms with Crippen LogP contribution in [-0.2, 0) is 11.3 Å². The highest BCUT2D eigenvalue weighted by molar-refractivity contribution is 7.03. The van der Waals surface area contributed by atoms with Crippen molar-refractivity contribution in [1.82, 2.24) is 14.9 Å². The van der Waals surface area contributed by atoms with Crippen LogP contribution in [0.3, 0.4) is 0 Å². The van der Waals surface area contributed by atoms with Gasteiger partial charge in [-0.1, -0.05) is 28.2 Å². The van der Waals surface area contributed by atoms with Gasteiger partial charge in [-0.05, 0) is 53.5 Å². The number of hydrogen-bond donors (Lipinski definition) is 1. The zero-order valence-electron chi connectivity index (χ0n) is 15.0. The van der Waals surface area contributed by atoms with Crippen molar-refractivity contribution < 1.29 is 14.3 Å². The van der Waals surface area contributed by atoms with E-state index in [1.54, 1.807) is 36.8 Å². The van der Waals surface area contributed by atoms with Crippen molar-refractivity contribution in [3.63, 3.8) is 0 Å². The molecular formula is C19H17ClN4O3S. The highest BCUT2D eigenvalue weighted by Crippen LogP contribution is 2.20. The molecule has 0 unspecified atom stereocenters. The molecule has 1 N–H and O–H groups in total. The number of carbonyl (C=O) groups is 2. The van der Waals surface area contributed by atoms with Crippen LogP contribution in [0.15, 0.2) is 53.9 Å². The molecule has 0 aliphatic carbocycles. The number of methoxy groups -OCH3 is 1. The van der Waals surface area contributed by atoms with Crippen molar-refractivity contribution in [3.05, 3.63) is 70.2 Å². The Morgan fingerprint density at radius 3 is 2.46 bits per heavy atom. The first kappa shape index (κ1) is 19.8. The summed E-state index contributed by atoms with van der Waals surface area (Å²) in [4.78, 5) is 26.6. The summed E-state index contributed by atoms with van der Waals surface area (Å²) in [7, 11) is 1.59. The van der Waals surface area contributed by atoms with Crippen LogP contribution in [0, 0.1) is 0 Å². The zero-order chi connectivity index (χ0) is 19.9. The molecule has 28 heavy (non-hydrogen) atoms. The summed E-state index contributed by atoms with van der Waals surface area (Å²) in [5, 5.41) is 8.70. The van der Waals surface area contributed by atoms with E-state index in [2.05, 4.69) is 14.9 Å². The monoisotopic (exact) mass is 416 g/mol. The van der Waals surface area contributed by atoms with E-state index in [0.29, 0.717) is 17.3 Å². The van der Waals surface area contributed by atoms with Gasteiger partial charge < -0.3 is 10.1 Å². The third-order valence-electron chi connectivity index (χ3n) is 3.91. The second-order valence-electron chi connectivity index (χ2n) is 5.78.